The first-order chi connectivity index (χ1) is 16.3. The average molecular weight is 451 g/mol. The molecule has 33 heavy (non-hydrogen) atoms. The third kappa shape index (κ3) is 7.99. The molecule has 2 aromatic rings. The van der Waals surface area contributed by atoms with Crippen LogP contribution in [0, 0.1) is 12.8 Å². The van der Waals surface area contributed by atoms with E-state index in [9.17, 15) is 0 Å². The minimum atomic E-state index is 0.703. The van der Waals surface area contributed by atoms with Gasteiger partial charge in [0.05, 0.1) is 13.2 Å². The van der Waals surface area contributed by atoms with E-state index in [1.54, 1.807) is 0 Å². The second-order valence-electron chi connectivity index (χ2n) is 9.92. The zero-order valence-electron chi connectivity index (χ0n) is 20.5. The molecular formula is C28H42N4O. The summed E-state index contributed by atoms with van der Waals surface area (Å²) < 4.78 is 5.46. The number of aromatic nitrogens is 2. The predicted molar refractivity (Wildman–Crippen MR) is 137 cm³/mol. The summed E-state index contributed by atoms with van der Waals surface area (Å²) in [4.78, 5) is 11.6. The van der Waals surface area contributed by atoms with E-state index >= 15 is 0 Å². The third-order valence-electron chi connectivity index (χ3n) is 7.20. The van der Waals surface area contributed by atoms with Crippen molar-refractivity contribution in [1.82, 2.24) is 9.97 Å². The van der Waals surface area contributed by atoms with Crippen LogP contribution in [0.25, 0.3) is 0 Å². The summed E-state index contributed by atoms with van der Waals surface area (Å²) in [7, 11) is 0. The Labute approximate surface area is 200 Å². The maximum Gasteiger partial charge on any atom is 0.225 e. The quantitative estimate of drug-likeness (QED) is 0.407. The van der Waals surface area contributed by atoms with Gasteiger partial charge in [0.2, 0.25) is 5.95 Å². The van der Waals surface area contributed by atoms with Gasteiger partial charge in [0.1, 0.15) is 5.82 Å². The molecule has 0 spiro atoms. The van der Waals surface area contributed by atoms with Crippen LogP contribution in [0.2, 0.25) is 0 Å². The Bertz CT molecular complexity index is 826. The first kappa shape index (κ1) is 24.0. The highest BCUT2D eigenvalue weighted by Crippen LogP contribution is 2.28. The van der Waals surface area contributed by atoms with Crippen LogP contribution < -0.4 is 10.2 Å². The molecule has 5 heteroatoms. The standard InChI is InChI=1S/C28H42N4O/c1-23-21-27(32-17-19-33-20-18-32)31-28(30-23)29-22-26-15-13-25(14-16-26)12-6-3-2-5-9-24-10-7-4-8-11-24/h13-16,21,24H,2-12,17-20,22H2,1H3,(H,29,30,31). The number of nitrogens with one attached hydrogen (secondary N) is 1. The Balaban J connectivity index is 1.15. The van der Waals surface area contributed by atoms with E-state index in [4.69, 9.17) is 9.72 Å². The van der Waals surface area contributed by atoms with Crippen molar-refractivity contribution in [3.05, 3.63) is 47.2 Å². The van der Waals surface area contributed by atoms with Gasteiger partial charge in [-0.2, -0.15) is 4.98 Å². The van der Waals surface area contributed by atoms with Crippen molar-refractivity contribution in [2.75, 3.05) is 36.5 Å². The average Bonchev–Trinajstić information content (AvgIpc) is 2.86. The smallest absolute Gasteiger partial charge is 0.225 e. The summed E-state index contributed by atoms with van der Waals surface area (Å²) in [5.41, 5.74) is 3.71. The normalized spacial score (nSPS) is 17.3. The molecule has 0 bridgehead atoms. The molecule has 2 fully saturated rings. The molecule has 2 heterocycles. The van der Waals surface area contributed by atoms with Crippen LogP contribution in [-0.2, 0) is 17.7 Å². The Morgan fingerprint density at radius 3 is 2.42 bits per heavy atom. The Morgan fingerprint density at radius 2 is 1.64 bits per heavy atom. The molecule has 0 radical (unpaired) electrons. The molecule has 1 aliphatic carbocycles. The van der Waals surface area contributed by atoms with Crippen molar-refractivity contribution in [2.45, 2.75) is 84.1 Å². The summed E-state index contributed by atoms with van der Waals surface area (Å²) in [6, 6.07) is 11.1. The Kier molecular flexibility index (Phi) is 9.40. The fraction of sp³-hybridized carbons (Fsp3) is 0.643. The van der Waals surface area contributed by atoms with Crippen molar-refractivity contribution in [2.24, 2.45) is 5.92 Å². The van der Waals surface area contributed by atoms with Gasteiger partial charge in [0.15, 0.2) is 0 Å². The number of aryl methyl sites for hydroxylation is 2. The summed E-state index contributed by atoms with van der Waals surface area (Å²) >= 11 is 0. The fourth-order valence-electron chi connectivity index (χ4n) is 5.18. The molecular weight excluding hydrogens is 408 g/mol. The van der Waals surface area contributed by atoms with Crippen LogP contribution in [0.1, 0.15) is 81.0 Å². The van der Waals surface area contributed by atoms with Crippen molar-refractivity contribution in [3.8, 4) is 0 Å². The third-order valence-corrected chi connectivity index (χ3v) is 7.20. The maximum absolute atomic E-state index is 5.46. The summed E-state index contributed by atoms with van der Waals surface area (Å²) in [6.07, 6.45) is 15.6. The number of hydrogen-bond acceptors (Lipinski definition) is 5. The molecule has 2 aliphatic rings. The predicted octanol–water partition coefficient (Wildman–Crippen LogP) is 6.31. The lowest BCUT2D eigenvalue weighted by molar-refractivity contribution is 0.122. The first-order valence-electron chi connectivity index (χ1n) is 13.3. The van der Waals surface area contributed by atoms with E-state index in [-0.39, 0.29) is 0 Å². The van der Waals surface area contributed by atoms with Crippen LogP contribution in [0.5, 0.6) is 0 Å². The van der Waals surface area contributed by atoms with Gasteiger partial charge in [-0.15, -0.1) is 0 Å². The lowest BCUT2D eigenvalue weighted by Crippen LogP contribution is -2.37. The second-order valence-corrected chi connectivity index (χ2v) is 9.92. The Morgan fingerprint density at radius 1 is 0.909 bits per heavy atom. The maximum atomic E-state index is 5.46. The molecule has 1 aliphatic heterocycles. The minimum Gasteiger partial charge on any atom is -0.378 e. The van der Waals surface area contributed by atoms with Gasteiger partial charge in [-0.3, -0.25) is 0 Å². The number of benzene rings is 1. The zero-order valence-corrected chi connectivity index (χ0v) is 20.5. The largest absolute Gasteiger partial charge is 0.378 e. The van der Waals surface area contributed by atoms with Gasteiger partial charge in [0, 0.05) is 31.4 Å². The molecule has 1 N–H and O–H groups in total. The summed E-state index contributed by atoms with van der Waals surface area (Å²) in [5, 5.41) is 3.41. The highest BCUT2D eigenvalue weighted by molar-refractivity contribution is 5.45. The molecule has 1 aromatic carbocycles. The topological polar surface area (TPSA) is 50.3 Å². The number of nitrogens with zero attached hydrogens (tertiary/aromatic N) is 3. The number of morpholine rings is 1. The van der Waals surface area contributed by atoms with Crippen LogP contribution in [0.15, 0.2) is 30.3 Å². The number of anilines is 2. The van der Waals surface area contributed by atoms with E-state index in [1.807, 2.05) is 6.92 Å². The highest BCUT2D eigenvalue weighted by Gasteiger charge is 2.14. The van der Waals surface area contributed by atoms with Gasteiger partial charge in [0.25, 0.3) is 0 Å². The van der Waals surface area contributed by atoms with E-state index in [0.29, 0.717) is 5.95 Å². The van der Waals surface area contributed by atoms with E-state index in [2.05, 4.69) is 45.5 Å². The Hall–Kier alpha value is -2.14. The van der Waals surface area contributed by atoms with Crippen molar-refractivity contribution < 1.29 is 4.74 Å². The number of hydrogen-bond donors (Lipinski definition) is 1. The van der Waals surface area contributed by atoms with E-state index in [1.165, 1.54) is 81.8 Å². The van der Waals surface area contributed by atoms with Crippen LogP contribution >= 0.6 is 0 Å². The highest BCUT2D eigenvalue weighted by atomic mass is 16.5. The van der Waals surface area contributed by atoms with Crippen molar-refractivity contribution >= 4 is 11.8 Å². The van der Waals surface area contributed by atoms with Gasteiger partial charge in [-0.1, -0.05) is 82.1 Å². The lowest BCUT2D eigenvalue weighted by Gasteiger charge is -2.28. The van der Waals surface area contributed by atoms with Gasteiger partial charge < -0.3 is 15.0 Å². The molecule has 1 aromatic heterocycles. The molecule has 180 valence electrons. The lowest BCUT2D eigenvalue weighted by atomic mass is 9.85. The SMILES string of the molecule is Cc1cc(N2CCOCC2)nc(NCc2ccc(CCCCCCC3CCCCC3)cc2)n1. The summed E-state index contributed by atoms with van der Waals surface area (Å²) in [6.45, 7) is 6.07. The number of ether oxygens (including phenoxy) is 1. The monoisotopic (exact) mass is 450 g/mol. The minimum absolute atomic E-state index is 0.703. The van der Waals surface area contributed by atoms with Crippen molar-refractivity contribution in [1.29, 1.82) is 0 Å². The molecule has 0 amide bonds. The first-order valence-corrected chi connectivity index (χ1v) is 13.3. The van der Waals surface area contributed by atoms with Crippen LogP contribution in [-0.4, -0.2) is 36.3 Å². The van der Waals surface area contributed by atoms with E-state index in [0.717, 1.165) is 50.3 Å². The second kappa shape index (κ2) is 12.9. The van der Waals surface area contributed by atoms with Gasteiger partial charge in [-0.05, 0) is 36.8 Å². The fourth-order valence-corrected chi connectivity index (χ4v) is 5.18. The number of rotatable bonds is 11. The molecule has 0 atom stereocenters. The molecule has 1 saturated heterocycles. The number of unbranched alkanes of at least 4 members (excludes halogenated alkanes) is 3. The molecule has 5 nitrogen and oxygen atoms in total. The molecule has 0 unspecified atom stereocenters. The summed E-state index contributed by atoms with van der Waals surface area (Å²) in [5.74, 6) is 2.73. The van der Waals surface area contributed by atoms with Crippen LogP contribution in [0.3, 0.4) is 0 Å². The van der Waals surface area contributed by atoms with Gasteiger partial charge >= 0.3 is 0 Å². The van der Waals surface area contributed by atoms with E-state index < -0.39 is 0 Å². The van der Waals surface area contributed by atoms with Crippen LogP contribution in [0.4, 0.5) is 11.8 Å². The molecule has 1 saturated carbocycles. The zero-order chi connectivity index (χ0) is 22.7. The van der Waals surface area contributed by atoms with Gasteiger partial charge in [-0.25, -0.2) is 4.98 Å². The molecule has 4 rings (SSSR count). The van der Waals surface area contributed by atoms with Crippen molar-refractivity contribution in [3.63, 3.8) is 0 Å².